The SMILES string of the molecule is COc1cc(/C=C/CCCO)ccc1O. The maximum atomic E-state index is 9.36. The van der Waals surface area contributed by atoms with Crippen molar-refractivity contribution in [3.63, 3.8) is 0 Å². The van der Waals surface area contributed by atoms with Crippen LogP contribution in [0.15, 0.2) is 24.3 Å². The zero-order chi connectivity index (χ0) is 11.1. The van der Waals surface area contributed by atoms with Gasteiger partial charge in [-0.3, -0.25) is 0 Å². The molecule has 1 aromatic carbocycles. The van der Waals surface area contributed by atoms with E-state index in [1.54, 1.807) is 12.1 Å². The summed E-state index contributed by atoms with van der Waals surface area (Å²) in [5.74, 6) is 0.615. The van der Waals surface area contributed by atoms with E-state index in [2.05, 4.69) is 0 Å². The highest BCUT2D eigenvalue weighted by molar-refractivity contribution is 5.55. The number of phenolic OH excluding ortho intramolecular Hbond substituents is 1. The second-order valence-corrected chi connectivity index (χ2v) is 3.20. The number of aliphatic hydroxyl groups is 1. The number of unbranched alkanes of at least 4 members (excludes halogenated alkanes) is 1. The van der Waals surface area contributed by atoms with Crippen molar-refractivity contribution in [3.8, 4) is 11.5 Å². The van der Waals surface area contributed by atoms with E-state index in [-0.39, 0.29) is 12.4 Å². The molecule has 0 heterocycles. The zero-order valence-corrected chi connectivity index (χ0v) is 8.81. The summed E-state index contributed by atoms with van der Waals surface area (Å²) in [6, 6.07) is 5.18. The molecule has 15 heavy (non-hydrogen) atoms. The average Bonchev–Trinajstić information content (AvgIpc) is 2.26. The summed E-state index contributed by atoms with van der Waals surface area (Å²) in [6.45, 7) is 0.212. The summed E-state index contributed by atoms with van der Waals surface area (Å²) in [4.78, 5) is 0. The summed E-state index contributed by atoms with van der Waals surface area (Å²) >= 11 is 0. The number of rotatable bonds is 5. The van der Waals surface area contributed by atoms with Gasteiger partial charge in [0.1, 0.15) is 0 Å². The van der Waals surface area contributed by atoms with E-state index in [9.17, 15) is 5.11 Å². The maximum absolute atomic E-state index is 9.36. The third kappa shape index (κ3) is 3.64. The number of hydrogen-bond donors (Lipinski definition) is 2. The number of aromatic hydroxyl groups is 1. The van der Waals surface area contributed by atoms with Gasteiger partial charge in [0.25, 0.3) is 0 Å². The molecular weight excluding hydrogens is 192 g/mol. The molecule has 1 aromatic rings. The molecular formula is C12H16O3. The van der Waals surface area contributed by atoms with Gasteiger partial charge in [0.05, 0.1) is 7.11 Å². The van der Waals surface area contributed by atoms with Gasteiger partial charge in [0.2, 0.25) is 0 Å². The van der Waals surface area contributed by atoms with Gasteiger partial charge < -0.3 is 14.9 Å². The first-order chi connectivity index (χ1) is 7.27. The maximum Gasteiger partial charge on any atom is 0.161 e. The number of hydrogen-bond acceptors (Lipinski definition) is 3. The van der Waals surface area contributed by atoms with Crippen LogP contribution >= 0.6 is 0 Å². The molecule has 2 N–H and O–H groups in total. The van der Waals surface area contributed by atoms with Crippen LogP contribution in [-0.2, 0) is 0 Å². The Kier molecular flexibility index (Phi) is 4.71. The van der Waals surface area contributed by atoms with Crippen molar-refractivity contribution in [1.29, 1.82) is 0 Å². The van der Waals surface area contributed by atoms with Crippen LogP contribution in [0.25, 0.3) is 6.08 Å². The van der Waals surface area contributed by atoms with Gasteiger partial charge >= 0.3 is 0 Å². The van der Waals surface area contributed by atoms with Crippen molar-refractivity contribution in [2.45, 2.75) is 12.8 Å². The van der Waals surface area contributed by atoms with Crippen LogP contribution in [0.4, 0.5) is 0 Å². The van der Waals surface area contributed by atoms with E-state index >= 15 is 0 Å². The molecule has 3 nitrogen and oxygen atoms in total. The summed E-state index contributed by atoms with van der Waals surface area (Å²) < 4.78 is 4.99. The molecule has 0 radical (unpaired) electrons. The molecule has 0 aromatic heterocycles. The van der Waals surface area contributed by atoms with Crippen molar-refractivity contribution < 1.29 is 14.9 Å². The van der Waals surface area contributed by atoms with Gasteiger partial charge in [0.15, 0.2) is 11.5 Å². The lowest BCUT2D eigenvalue weighted by atomic mass is 10.1. The summed E-state index contributed by atoms with van der Waals surface area (Å²) in [5.41, 5.74) is 0.975. The highest BCUT2D eigenvalue weighted by Crippen LogP contribution is 2.26. The van der Waals surface area contributed by atoms with Crippen molar-refractivity contribution in [1.82, 2.24) is 0 Å². The molecule has 0 atom stereocenters. The topological polar surface area (TPSA) is 49.7 Å². The number of methoxy groups -OCH3 is 1. The molecule has 0 saturated carbocycles. The molecule has 0 aliphatic carbocycles. The monoisotopic (exact) mass is 208 g/mol. The van der Waals surface area contributed by atoms with E-state index in [1.807, 2.05) is 18.2 Å². The van der Waals surface area contributed by atoms with Gasteiger partial charge in [-0.05, 0) is 30.5 Å². The van der Waals surface area contributed by atoms with E-state index in [4.69, 9.17) is 9.84 Å². The minimum Gasteiger partial charge on any atom is -0.504 e. The lowest BCUT2D eigenvalue weighted by Gasteiger charge is -2.03. The Balaban J connectivity index is 2.65. The number of allylic oxidation sites excluding steroid dienone is 1. The highest BCUT2D eigenvalue weighted by atomic mass is 16.5. The standard InChI is InChI=1S/C12H16O3/c1-15-12-9-10(6-7-11(12)14)5-3-2-4-8-13/h3,5-7,9,13-14H,2,4,8H2,1H3/b5-3+. The smallest absolute Gasteiger partial charge is 0.161 e. The number of benzene rings is 1. The second kappa shape index (κ2) is 6.09. The second-order valence-electron chi connectivity index (χ2n) is 3.20. The van der Waals surface area contributed by atoms with Gasteiger partial charge in [0, 0.05) is 6.61 Å². The fourth-order valence-electron chi connectivity index (χ4n) is 1.23. The van der Waals surface area contributed by atoms with E-state index in [0.29, 0.717) is 5.75 Å². The highest BCUT2D eigenvalue weighted by Gasteiger charge is 1.99. The molecule has 0 amide bonds. The Bertz CT molecular complexity index is 332. The van der Waals surface area contributed by atoms with Crippen LogP contribution in [0.2, 0.25) is 0 Å². The Morgan fingerprint density at radius 2 is 2.20 bits per heavy atom. The molecule has 0 spiro atoms. The van der Waals surface area contributed by atoms with Crippen LogP contribution in [0.5, 0.6) is 11.5 Å². The van der Waals surface area contributed by atoms with Crippen molar-refractivity contribution in [2.75, 3.05) is 13.7 Å². The van der Waals surface area contributed by atoms with Crippen LogP contribution in [0.3, 0.4) is 0 Å². The van der Waals surface area contributed by atoms with E-state index in [0.717, 1.165) is 18.4 Å². The number of phenols is 1. The molecule has 0 bridgehead atoms. The molecule has 1 rings (SSSR count). The lowest BCUT2D eigenvalue weighted by molar-refractivity contribution is 0.290. The number of ether oxygens (including phenoxy) is 1. The van der Waals surface area contributed by atoms with Crippen LogP contribution < -0.4 is 4.74 Å². The first-order valence-electron chi connectivity index (χ1n) is 4.92. The lowest BCUT2D eigenvalue weighted by Crippen LogP contribution is -1.84. The molecule has 0 fully saturated rings. The fraction of sp³-hybridized carbons (Fsp3) is 0.333. The zero-order valence-electron chi connectivity index (χ0n) is 8.81. The Labute approximate surface area is 89.6 Å². The first-order valence-corrected chi connectivity index (χ1v) is 4.92. The Morgan fingerprint density at radius 3 is 2.87 bits per heavy atom. The van der Waals surface area contributed by atoms with E-state index < -0.39 is 0 Å². The van der Waals surface area contributed by atoms with Crippen LogP contribution in [0, 0.1) is 0 Å². The fourth-order valence-corrected chi connectivity index (χ4v) is 1.23. The third-order valence-electron chi connectivity index (χ3n) is 2.04. The first kappa shape index (κ1) is 11.6. The predicted molar refractivity (Wildman–Crippen MR) is 60.0 cm³/mol. The Morgan fingerprint density at radius 1 is 1.40 bits per heavy atom. The summed E-state index contributed by atoms with van der Waals surface area (Å²) in [7, 11) is 1.52. The average molecular weight is 208 g/mol. The summed E-state index contributed by atoms with van der Waals surface area (Å²) in [6.07, 6.45) is 5.55. The molecule has 0 unspecified atom stereocenters. The molecule has 0 aliphatic rings. The quantitative estimate of drug-likeness (QED) is 0.729. The Hall–Kier alpha value is -1.48. The molecule has 0 aliphatic heterocycles. The van der Waals surface area contributed by atoms with Crippen molar-refractivity contribution in [3.05, 3.63) is 29.8 Å². The van der Waals surface area contributed by atoms with Gasteiger partial charge in [-0.1, -0.05) is 18.2 Å². The third-order valence-corrected chi connectivity index (χ3v) is 2.04. The molecule has 3 heteroatoms. The minimum atomic E-state index is 0.144. The summed E-state index contributed by atoms with van der Waals surface area (Å²) in [5, 5.41) is 18.0. The normalized spacial score (nSPS) is 10.8. The van der Waals surface area contributed by atoms with Crippen molar-refractivity contribution >= 4 is 6.08 Å². The van der Waals surface area contributed by atoms with Crippen LogP contribution in [0.1, 0.15) is 18.4 Å². The van der Waals surface area contributed by atoms with Gasteiger partial charge in [-0.15, -0.1) is 0 Å². The molecule has 0 saturated heterocycles. The predicted octanol–water partition coefficient (Wildman–Crippen LogP) is 2.19. The minimum absolute atomic E-state index is 0.144. The number of aliphatic hydroxyl groups excluding tert-OH is 1. The molecule has 82 valence electrons. The van der Waals surface area contributed by atoms with E-state index in [1.165, 1.54) is 7.11 Å². The van der Waals surface area contributed by atoms with Gasteiger partial charge in [-0.2, -0.15) is 0 Å². The van der Waals surface area contributed by atoms with Crippen LogP contribution in [-0.4, -0.2) is 23.9 Å². The van der Waals surface area contributed by atoms with Gasteiger partial charge in [-0.25, -0.2) is 0 Å². The van der Waals surface area contributed by atoms with Crippen molar-refractivity contribution in [2.24, 2.45) is 0 Å². The largest absolute Gasteiger partial charge is 0.504 e.